The van der Waals surface area contributed by atoms with Gasteiger partial charge in [0.25, 0.3) is 0 Å². The van der Waals surface area contributed by atoms with Crippen molar-refractivity contribution in [2.24, 2.45) is 0 Å². The van der Waals surface area contributed by atoms with E-state index < -0.39 is 5.97 Å². The largest absolute Gasteiger partial charge is 0.480 e. The van der Waals surface area contributed by atoms with E-state index >= 15 is 0 Å². The number of carboxylic acids is 1. The van der Waals surface area contributed by atoms with E-state index in [-0.39, 0.29) is 12.1 Å². The fraction of sp³-hybridized carbons (Fsp3) is 0.929. The number of aliphatic carboxylic acids is 1. The first-order chi connectivity index (χ1) is 9.19. The van der Waals surface area contributed by atoms with Crippen molar-refractivity contribution in [1.82, 2.24) is 4.90 Å². The van der Waals surface area contributed by atoms with Crippen LogP contribution in [0.4, 0.5) is 0 Å². The summed E-state index contributed by atoms with van der Waals surface area (Å²) in [7, 11) is 0. The molecular formula is C14H23NO3S. The molecule has 2 aliphatic heterocycles. The Balaban J connectivity index is 1.66. The average Bonchev–Trinajstić information content (AvgIpc) is 3.21. The van der Waals surface area contributed by atoms with Crippen LogP contribution in [0.2, 0.25) is 0 Å². The molecule has 1 unspecified atom stereocenters. The molecule has 0 bridgehead atoms. The molecule has 19 heavy (non-hydrogen) atoms. The topological polar surface area (TPSA) is 49.8 Å². The third-order valence-electron chi connectivity index (χ3n) is 4.67. The van der Waals surface area contributed by atoms with Gasteiger partial charge in [0.2, 0.25) is 0 Å². The Kier molecular flexibility index (Phi) is 4.06. The van der Waals surface area contributed by atoms with Crippen LogP contribution in [0.1, 0.15) is 38.5 Å². The second-order valence-electron chi connectivity index (χ2n) is 6.09. The summed E-state index contributed by atoms with van der Waals surface area (Å²) in [6.45, 7) is 1.01. The average molecular weight is 285 g/mol. The highest BCUT2D eigenvalue weighted by Crippen LogP contribution is 2.41. The first kappa shape index (κ1) is 13.7. The van der Waals surface area contributed by atoms with Gasteiger partial charge in [-0.2, -0.15) is 11.8 Å². The van der Waals surface area contributed by atoms with Crippen LogP contribution in [0.25, 0.3) is 0 Å². The molecule has 0 amide bonds. The van der Waals surface area contributed by atoms with Crippen molar-refractivity contribution in [2.45, 2.75) is 56.2 Å². The van der Waals surface area contributed by atoms with E-state index in [9.17, 15) is 4.79 Å². The number of thioether (sulfide) groups is 1. The van der Waals surface area contributed by atoms with Crippen molar-refractivity contribution >= 4 is 17.7 Å². The van der Waals surface area contributed by atoms with Crippen LogP contribution in [0.3, 0.4) is 0 Å². The lowest BCUT2D eigenvalue weighted by atomic mass is 9.84. The number of rotatable bonds is 4. The van der Waals surface area contributed by atoms with Crippen LogP contribution in [0, 0.1) is 0 Å². The summed E-state index contributed by atoms with van der Waals surface area (Å²) in [6.07, 6.45) is 6.66. The van der Waals surface area contributed by atoms with Crippen LogP contribution >= 0.6 is 11.8 Å². The maximum Gasteiger partial charge on any atom is 0.317 e. The summed E-state index contributed by atoms with van der Waals surface area (Å²) in [4.78, 5) is 13.3. The predicted molar refractivity (Wildman–Crippen MR) is 75.6 cm³/mol. The van der Waals surface area contributed by atoms with Gasteiger partial charge in [0, 0.05) is 18.7 Å². The molecule has 0 aromatic carbocycles. The predicted octanol–water partition coefficient (Wildman–Crippen LogP) is 1.98. The number of carboxylic acid groups (broad SMARTS) is 1. The van der Waals surface area contributed by atoms with E-state index in [1.165, 1.54) is 24.3 Å². The third-order valence-corrected chi connectivity index (χ3v) is 5.66. The standard InChI is InChI=1S/C14H23NO3S/c16-13(17)10-15(11-1-2-11)12-3-6-18-14(9-12)4-7-19-8-5-14/h11-12H,1-10H2,(H,16,17). The smallest absolute Gasteiger partial charge is 0.317 e. The summed E-state index contributed by atoms with van der Waals surface area (Å²) in [6, 6.07) is 0.940. The molecule has 1 spiro atoms. The van der Waals surface area contributed by atoms with Crippen LogP contribution in [0.15, 0.2) is 0 Å². The molecule has 1 N–H and O–H groups in total. The van der Waals surface area contributed by atoms with Gasteiger partial charge in [0.15, 0.2) is 0 Å². The van der Waals surface area contributed by atoms with E-state index in [2.05, 4.69) is 4.90 Å². The minimum Gasteiger partial charge on any atom is -0.480 e. The molecule has 1 saturated carbocycles. The van der Waals surface area contributed by atoms with E-state index in [0.717, 1.165) is 32.3 Å². The van der Waals surface area contributed by atoms with E-state index in [0.29, 0.717) is 12.1 Å². The zero-order valence-electron chi connectivity index (χ0n) is 11.3. The molecular weight excluding hydrogens is 262 g/mol. The monoisotopic (exact) mass is 285 g/mol. The lowest BCUT2D eigenvalue weighted by Gasteiger charge is -2.46. The van der Waals surface area contributed by atoms with Crippen LogP contribution < -0.4 is 0 Å². The van der Waals surface area contributed by atoms with Gasteiger partial charge in [0.05, 0.1) is 12.1 Å². The second kappa shape index (κ2) is 5.62. The van der Waals surface area contributed by atoms with Crippen molar-refractivity contribution in [1.29, 1.82) is 0 Å². The van der Waals surface area contributed by atoms with Crippen LogP contribution in [0.5, 0.6) is 0 Å². The van der Waals surface area contributed by atoms with Crippen molar-refractivity contribution in [3.8, 4) is 0 Å². The van der Waals surface area contributed by atoms with Crippen LogP contribution in [-0.4, -0.2) is 58.3 Å². The Bertz CT molecular complexity index is 334. The fourth-order valence-electron chi connectivity index (χ4n) is 3.50. The zero-order valence-corrected chi connectivity index (χ0v) is 12.2. The Morgan fingerprint density at radius 1 is 1.26 bits per heavy atom. The van der Waals surface area contributed by atoms with Gasteiger partial charge >= 0.3 is 5.97 Å². The molecule has 2 heterocycles. The zero-order chi connectivity index (χ0) is 13.3. The molecule has 3 fully saturated rings. The van der Waals surface area contributed by atoms with Crippen molar-refractivity contribution in [3.05, 3.63) is 0 Å². The van der Waals surface area contributed by atoms with E-state index in [4.69, 9.17) is 9.84 Å². The van der Waals surface area contributed by atoms with Crippen molar-refractivity contribution in [2.75, 3.05) is 24.7 Å². The Labute approximate surface area is 118 Å². The van der Waals surface area contributed by atoms with Crippen molar-refractivity contribution in [3.63, 3.8) is 0 Å². The number of hydrogen-bond acceptors (Lipinski definition) is 4. The van der Waals surface area contributed by atoms with Crippen LogP contribution in [-0.2, 0) is 9.53 Å². The third kappa shape index (κ3) is 3.26. The molecule has 4 nitrogen and oxygen atoms in total. The molecule has 3 aliphatic rings. The van der Waals surface area contributed by atoms with Gasteiger partial charge in [-0.05, 0) is 50.0 Å². The first-order valence-corrected chi connectivity index (χ1v) is 8.53. The summed E-state index contributed by atoms with van der Waals surface area (Å²) < 4.78 is 6.10. The number of ether oxygens (including phenoxy) is 1. The lowest BCUT2D eigenvalue weighted by Crippen LogP contribution is -2.52. The molecule has 3 rings (SSSR count). The molecule has 1 aliphatic carbocycles. The Hall–Kier alpha value is -0.260. The highest BCUT2D eigenvalue weighted by atomic mass is 32.2. The molecule has 2 saturated heterocycles. The highest BCUT2D eigenvalue weighted by molar-refractivity contribution is 7.99. The second-order valence-corrected chi connectivity index (χ2v) is 7.31. The first-order valence-electron chi connectivity index (χ1n) is 7.38. The Morgan fingerprint density at radius 2 is 2.00 bits per heavy atom. The van der Waals surface area contributed by atoms with Gasteiger partial charge in [-0.25, -0.2) is 0 Å². The summed E-state index contributed by atoms with van der Waals surface area (Å²) >= 11 is 2.01. The van der Waals surface area contributed by atoms with Gasteiger partial charge < -0.3 is 9.84 Å². The van der Waals surface area contributed by atoms with Crippen molar-refractivity contribution < 1.29 is 14.6 Å². The number of carbonyl (C=O) groups is 1. The maximum atomic E-state index is 11.1. The molecule has 0 aromatic rings. The van der Waals surface area contributed by atoms with E-state index in [1.807, 2.05) is 11.8 Å². The minimum atomic E-state index is -0.688. The number of hydrogen-bond donors (Lipinski definition) is 1. The minimum absolute atomic E-state index is 0.0554. The van der Waals surface area contributed by atoms with E-state index in [1.54, 1.807) is 0 Å². The normalized spacial score (nSPS) is 30.7. The van der Waals surface area contributed by atoms with Gasteiger partial charge in [-0.3, -0.25) is 9.69 Å². The summed E-state index contributed by atoms with van der Waals surface area (Å²) in [5.41, 5.74) is 0.0554. The molecule has 0 aromatic heterocycles. The number of nitrogens with zero attached hydrogens (tertiary/aromatic N) is 1. The fourth-order valence-corrected chi connectivity index (χ4v) is 4.73. The van der Waals surface area contributed by atoms with Gasteiger partial charge in [0.1, 0.15) is 0 Å². The SMILES string of the molecule is O=C(O)CN(C1CC1)C1CCOC2(CCSCC2)C1. The van der Waals surface area contributed by atoms with Gasteiger partial charge in [-0.15, -0.1) is 0 Å². The lowest BCUT2D eigenvalue weighted by molar-refractivity contribution is -0.143. The maximum absolute atomic E-state index is 11.1. The Morgan fingerprint density at radius 3 is 2.63 bits per heavy atom. The highest BCUT2D eigenvalue weighted by Gasteiger charge is 2.43. The molecule has 0 radical (unpaired) electrons. The molecule has 5 heteroatoms. The molecule has 1 atom stereocenters. The van der Waals surface area contributed by atoms with Gasteiger partial charge in [-0.1, -0.05) is 0 Å². The summed E-state index contributed by atoms with van der Waals surface area (Å²) in [5, 5.41) is 9.12. The summed E-state index contributed by atoms with van der Waals surface area (Å²) in [5.74, 6) is 1.69. The molecule has 108 valence electrons. The quantitative estimate of drug-likeness (QED) is 0.856.